The largest absolute Gasteiger partial charge is 0.431 e. The van der Waals surface area contributed by atoms with Crippen molar-refractivity contribution in [3.63, 3.8) is 0 Å². The molecule has 0 aromatic heterocycles. The molecule has 1 aromatic carbocycles. The molecule has 2 aliphatic carbocycles. The lowest BCUT2D eigenvalue weighted by Crippen LogP contribution is -2.34. The Kier molecular flexibility index (Phi) is 10.4. The maximum absolute atomic E-state index is 14.8. The third-order valence-electron chi connectivity index (χ3n) is 7.72. The van der Waals surface area contributed by atoms with Crippen LogP contribution in [0.15, 0.2) is 18.2 Å². The predicted molar refractivity (Wildman–Crippen MR) is 127 cm³/mol. The van der Waals surface area contributed by atoms with E-state index in [0.29, 0.717) is 11.5 Å². The third-order valence-corrected chi connectivity index (χ3v) is 7.72. The molecule has 0 radical (unpaired) electrons. The summed E-state index contributed by atoms with van der Waals surface area (Å²) in [5.41, 5.74) is 0.637. The van der Waals surface area contributed by atoms with Gasteiger partial charge in [0.15, 0.2) is 6.61 Å². The number of alkyl halides is 2. The first-order valence-corrected chi connectivity index (χ1v) is 13.4. The number of unbranched alkanes of at least 4 members (excludes halogenated alkanes) is 2. The summed E-state index contributed by atoms with van der Waals surface area (Å²) < 4.78 is 53.8. The van der Waals surface area contributed by atoms with E-state index in [1.807, 2.05) is 0 Å². The first kappa shape index (κ1) is 26.4. The SMILES string of the molecule is CCCCCC1CCC(c2ccc(OC(F)(F)COC3CCC(CCC)CC3)cc2F)CC1. The van der Waals surface area contributed by atoms with Gasteiger partial charge in [0.05, 0.1) is 6.10 Å². The Balaban J connectivity index is 1.44. The highest BCUT2D eigenvalue weighted by Gasteiger charge is 2.35. The van der Waals surface area contributed by atoms with Gasteiger partial charge in [0, 0.05) is 6.07 Å². The highest BCUT2D eigenvalue weighted by atomic mass is 19.3. The van der Waals surface area contributed by atoms with Crippen molar-refractivity contribution in [1.82, 2.24) is 0 Å². The van der Waals surface area contributed by atoms with Crippen LogP contribution in [-0.4, -0.2) is 18.8 Å². The molecule has 0 heterocycles. The van der Waals surface area contributed by atoms with E-state index in [1.54, 1.807) is 6.07 Å². The zero-order valence-electron chi connectivity index (χ0n) is 20.6. The summed E-state index contributed by atoms with van der Waals surface area (Å²) in [6, 6.07) is 4.24. The zero-order chi connectivity index (χ0) is 23.7. The molecular weight excluding hydrogens is 425 g/mol. The monoisotopic (exact) mass is 468 g/mol. The van der Waals surface area contributed by atoms with Gasteiger partial charge in [0.1, 0.15) is 11.6 Å². The number of ether oxygens (including phenoxy) is 2. The van der Waals surface area contributed by atoms with E-state index in [0.717, 1.165) is 69.8 Å². The summed E-state index contributed by atoms with van der Waals surface area (Å²) in [6.45, 7) is 3.60. The fourth-order valence-electron chi connectivity index (χ4n) is 5.76. The van der Waals surface area contributed by atoms with Gasteiger partial charge in [-0.2, -0.15) is 8.78 Å². The number of halogens is 3. The van der Waals surface area contributed by atoms with Crippen molar-refractivity contribution in [2.45, 2.75) is 122 Å². The molecule has 0 spiro atoms. The van der Waals surface area contributed by atoms with Gasteiger partial charge in [-0.1, -0.05) is 58.4 Å². The quantitative estimate of drug-likeness (QED) is 0.285. The summed E-state index contributed by atoms with van der Waals surface area (Å²) in [6.07, 6.45) is 11.8. The molecule has 188 valence electrons. The Morgan fingerprint density at radius 1 is 0.848 bits per heavy atom. The van der Waals surface area contributed by atoms with Crippen LogP contribution in [0, 0.1) is 17.7 Å². The molecular formula is C28H43F3O2. The average molecular weight is 469 g/mol. The van der Waals surface area contributed by atoms with Crippen molar-refractivity contribution < 1.29 is 22.6 Å². The molecule has 1 aromatic rings. The Hall–Kier alpha value is -1.23. The Morgan fingerprint density at radius 2 is 1.52 bits per heavy atom. The summed E-state index contributed by atoms with van der Waals surface area (Å²) in [7, 11) is 0. The molecule has 2 nitrogen and oxygen atoms in total. The van der Waals surface area contributed by atoms with Gasteiger partial charge in [0.2, 0.25) is 0 Å². The number of hydrogen-bond acceptors (Lipinski definition) is 2. The van der Waals surface area contributed by atoms with E-state index in [4.69, 9.17) is 9.47 Å². The van der Waals surface area contributed by atoms with Crippen molar-refractivity contribution in [1.29, 1.82) is 0 Å². The second-order valence-corrected chi connectivity index (χ2v) is 10.4. The molecule has 0 N–H and O–H groups in total. The van der Waals surface area contributed by atoms with E-state index < -0.39 is 18.5 Å². The molecule has 3 rings (SSSR count). The zero-order valence-corrected chi connectivity index (χ0v) is 20.6. The lowest BCUT2D eigenvalue weighted by Gasteiger charge is -2.30. The van der Waals surface area contributed by atoms with Crippen LogP contribution in [0.4, 0.5) is 13.2 Å². The third kappa shape index (κ3) is 8.49. The smallest absolute Gasteiger partial charge is 0.421 e. The molecule has 2 saturated carbocycles. The highest BCUT2D eigenvalue weighted by molar-refractivity contribution is 5.31. The first-order valence-electron chi connectivity index (χ1n) is 13.4. The number of hydrogen-bond donors (Lipinski definition) is 0. The minimum atomic E-state index is -3.47. The van der Waals surface area contributed by atoms with Crippen LogP contribution >= 0.6 is 0 Å². The van der Waals surface area contributed by atoms with Crippen molar-refractivity contribution in [3.8, 4) is 5.75 Å². The molecule has 0 aliphatic heterocycles. The fraction of sp³-hybridized carbons (Fsp3) is 0.786. The molecule has 0 atom stereocenters. The predicted octanol–water partition coefficient (Wildman–Crippen LogP) is 9.03. The van der Waals surface area contributed by atoms with Gasteiger partial charge < -0.3 is 9.47 Å². The summed E-state index contributed by atoms with van der Waals surface area (Å²) in [4.78, 5) is 0. The molecule has 0 saturated heterocycles. The number of rotatable bonds is 12. The van der Waals surface area contributed by atoms with Crippen molar-refractivity contribution in [2.75, 3.05) is 6.61 Å². The van der Waals surface area contributed by atoms with Gasteiger partial charge in [-0.15, -0.1) is 0 Å². The average Bonchev–Trinajstić information content (AvgIpc) is 2.80. The fourth-order valence-corrected chi connectivity index (χ4v) is 5.76. The summed E-state index contributed by atoms with van der Waals surface area (Å²) in [5.74, 6) is 1.05. The van der Waals surface area contributed by atoms with E-state index in [2.05, 4.69) is 13.8 Å². The van der Waals surface area contributed by atoms with Crippen LogP contribution in [0.5, 0.6) is 5.75 Å². The molecule has 2 aliphatic rings. The minimum Gasteiger partial charge on any atom is -0.431 e. The minimum absolute atomic E-state index is 0.134. The number of benzene rings is 1. The summed E-state index contributed by atoms with van der Waals surface area (Å²) >= 11 is 0. The molecule has 2 fully saturated rings. The first-order chi connectivity index (χ1) is 15.9. The van der Waals surface area contributed by atoms with Gasteiger partial charge in [-0.3, -0.25) is 0 Å². The van der Waals surface area contributed by atoms with Crippen LogP contribution in [0.25, 0.3) is 0 Å². The van der Waals surface area contributed by atoms with E-state index >= 15 is 0 Å². The summed E-state index contributed by atoms with van der Waals surface area (Å²) in [5, 5.41) is 0. The van der Waals surface area contributed by atoms with Gasteiger partial charge in [-0.05, 0) is 80.8 Å². The standard InChI is InChI=1S/C28H43F3O2/c1-3-5-6-8-22-9-13-23(14-10-22)26-18-17-25(19-27(26)29)33-28(30,31)20-32-24-15-11-21(7-4-2)12-16-24/h17-19,21-24H,3-16,20H2,1-2H3. The van der Waals surface area contributed by atoms with E-state index in [1.165, 1.54) is 38.2 Å². The van der Waals surface area contributed by atoms with Crippen LogP contribution in [0.3, 0.4) is 0 Å². The molecule has 0 bridgehead atoms. The molecule has 33 heavy (non-hydrogen) atoms. The van der Waals surface area contributed by atoms with Gasteiger partial charge >= 0.3 is 6.11 Å². The molecule has 5 heteroatoms. The van der Waals surface area contributed by atoms with Crippen LogP contribution in [0.1, 0.15) is 115 Å². The Labute approximate surface area is 198 Å². The van der Waals surface area contributed by atoms with Crippen molar-refractivity contribution in [3.05, 3.63) is 29.6 Å². The van der Waals surface area contributed by atoms with Crippen LogP contribution < -0.4 is 4.74 Å². The second-order valence-electron chi connectivity index (χ2n) is 10.4. The van der Waals surface area contributed by atoms with E-state index in [-0.39, 0.29) is 17.8 Å². The Bertz CT molecular complexity index is 692. The maximum Gasteiger partial charge on any atom is 0.421 e. The second kappa shape index (κ2) is 13.0. The lowest BCUT2D eigenvalue weighted by atomic mass is 9.77. The highest BCUT2D eigenvalue weighted by Crippen LogP contribution is 2.39. The molecule has 0 unspecified atom stereocenters. The van der Waals surface area contributed by atoms with E-state index in [9.17, 15) is 13.2 Å². The lowest BCUT2D eigenvalue weighted by molar-refractivity contribution is -0.222. The van der Waals surface area contributed by atoms with Crippen molar-refractivity contribution in [2.24, 2.45) is 11.8 Å². The normalized spacial score (nSPS) is 26.3. The maximum atomic E-state index is 14.8. The molecule has 0 amide bonds. The van der Waals surface area contributed by atoms with Crippen LogP contribution in [-0.2, 0) is 4.74 Å². The topological polar surface area (TPSA) is 18.5 Å². The van der Waals surface area contributed by atoms with Crippen LogP contribution in [0.2, 0.25) is 0 Å². The van der Waals surface area contributed by atoms with Gasteiger partial charge in [0.25, 0.3) is 0 Å². The Morgan fingerprint density at radius 3 is 2.15 bits per heavy atom. The van der Waals surface area contributed by atoms with Gasteiger partial charge in [-0.25, -0.2) is 4.39 Å². The van der Waals surface area contributed by atoms with Crippen molar-refractivity contribution >= 4 is 0 Å².